The van der Waals surface area contributed by atoms with E-state index in [0.717, 1.165) is 33.1 Å². The molecule has 0 saturated carbocycles. The molecule has 0 fully saturated rings. The molecule has 0 aliphatic rings. The first-order chi connectivity index (χ1) is 26.3. The molecule has 0 atom stereocenters. The van der Waals surface area contributed by atoms with Crippen LogP contribution in [0, 0.1) is 0 Å². The number of hydrogen-bond acceptors (Lipinski definition) is 1. The Hall–Kier alpha value is -6.96. The van der Waals surface area contributed by atoms with Gasteiger partial charge in [-0.3, -0.25) is 0 Å². The summed E-state index contributed by atoms with van der Waals surface area (Å²) >= 11 is 0. The molecule has 1 aromatic heterocycles. The van der Waals surface area contributed by atoms with E-state index in [9.17, 15) is 0 Å². The van der Waals surface area contributed by atoms with Gasteiger partial charge >= 0.3 is 0 Å². The minimum absolute atomic E-state index is 0.896. The molecule has 11 aromatic rings. The number of benzene rings is 10. The first kappa shape index (κ1) is 29.7. The van der Waals surface area contributed by atoms with Crippen LogP contribution in [0.25, 0.3) is 110 Å². The highest BCUT2D eigenvalue weighted by molar-refractivity contribution is 6.26. The van der Waals surface area contributed by atoms with Crippen LogP contribution in [0.15, 0.2) is 199 Å². The van der Waals surface area contributed by atoms with Crippen LogP contribution in [0.4, 0.5) is 0 Å². The lowest BCUT2D eigenvalue weighted by atomic mass is 9.84. The van der Waals surface area contributed by atoms with Crippen molar-refractivity contribution in [2.45, 2.75) is 0 Å². The molecule has 246 valence electrons. The highest BCUT2D eigenvalue weighted by Crippen LogP contribution is 2.48. The molecular weight excluding hydrogens is 641 g/mol. The lowest BCUT2D eigenvalue weighted by Gasteiger charge is -2.19. The first-order valence-electron chi connectivity index (χ1n) is 18.3. The molecule has 1 heterocycles. The minimum Gasteiger partial charge on any atom is -0.456 e. The molecule has 0 aliphatic heterocycles. The van der Waals surface area contributed by atoms with Crippen LogP contribution in [-0.2, 0) is 0 Å². The molecule has 1 nitrogen and oxygen atoms in total. The number of rotatable bonds is 4. The Morgan fingerprint density at radius 3 is 1.51 bits per heavy atom. The van der Waals surface area contributed by atoms with Gasteiger partial charge in [0, 0.05) is 10.8 Å². The van der Waals surface area contributed by atoms with E-state index in [4.69, 9.17) is 4.42 Å². The van der Waals surface area contributed by atoms with E-state index in [1.165, 1.54) is 76.5 Å². The van der Waals surface area contributed by atoms with Gasteiger partial charge in [0.25, 0.3) is 0 Å². The highest BCUT2D eigenvalue weighted by Gasteiger charge is 2.22. The van der Waals surface area contributed by atoms with E-state index in [1.807, 2.05) is 0 Å². The van der Waals surface area contributed by atoms with Crippen molar-refractivity contribution in [1.82, 2.24) is 0 Å². The van der Waals surface area contributed by atoms with E-state index < -0.39 is 0 Å². The van der Waals surface area contributed by atoms with Crippen molar-refractivity contribution in [3.63, 3.8) is 0 Å². The van der Waals surface area contributed by atoms with Gasteiger partial charge in [0.2, 0.25) is 0 Å². The summed E-state index contributed by atoms with van der Waals surface area (Å²) in [5.74, 6) is 0. The molecule has 0 N–H and O–H groups in total. The average molecular weight is 673 g/mol. The van der Waals surface area contributed by atoms with E-state index in [-0.39, 0.29) is 0 Å². The van der Waals surface area contributed by atoms with Gasteiger partial charge in [0.1, 0.15) is 11.2 Å². The Morgan fingerprint density at radius 1 is 0.264 bits per heavy atom. The summed E-state index contributed by atoms with van der Waals surface area (Å²) in [6.45, 7) is 0. The molecule has 0 saturated heterocycles. The lowest BCUT2D eigenvalue weighted by Crippen LogP contribution is -1.92. The smallest absolute Gasteiger partial charge is 0.136 e. The molecule has 10 aromatic carbocycles. The third-order valence-electron chi connectivity index (χ3n) is 11.0. The van der Waals surface area contributed by atoms with Gasteiger partial charge in [-0.1, -0.05) is 170 Å². The van der Waals surface area contributed by atoms with Crippen molar-refractivity contribution >= 4 is 65.0 Å². The summed E-state index contributed by atoms with van der Waals surface area (Å²) in [4.78, 5) is 0. The Balaban J connectivity index is 1.20. The van der Waals surface area contributed by atoms with Gasteiger partial charge in [-0.25, -0.2) is 0 Å². The molecule has 0 unspecified atom stereocenters. The average Bonchev–Trinajstić information content (AvgIpc) is 3.59. The third-order valence-corrected chi connectivity index (χ3v) is 11.0. The normalized spacial score (nSPS) is 11.8. The van der Waals surface area contributed by atoms with Crippen LogP contribution in [-0.4, -0.2) is 0 Å². The summed E-state index contributed by atoms with van der Waals surface area (Å²) in [5.41, 5.74) is 11.4. The SMILES string of the molecule is c1ccc(-c2cc(-c3c4ccccc4c(-c4ccc(-c5cccc6ccccc56)cc4)c4ccccc34)c3c(c2)oc2cc4ccccc4cc23)cc1. The molecule has 0 spiro atoms. The van der Waals surface area contributed by atoms with E-state index >= 15 is 0 Å². The summed E-state index contributed by atoms with van der Waals surface area (Å²) in [5, 5.41) is 12.1. The topological polar surface area (TPSA) is 13.1 Å². The zero-order valence-electron chi connectivity index (χ0n) is 28.9. The van der Waals surface area contributed by atoms with Crippen LogP contribution in [0.5, 0.6) is 0 Å². The molecular formula is C52H32O. The zero-order valence-corrected chi connectivity index (χ0v) is 28.9. The number of fused-ring (bicyclic) bond motifs is 7. The second-order valence-corrected chi connectivity index (χ2v) is 14.0. The van der Waals surface area contributed by atoms with Crippen molar-refractivity contribution in [2.24, 2.45) is 0 Å². The maximum atomic E-state index is 6.78. The quantitative estimate of drug-likeness (QED) is 0.170. The van der Waals surface area contributed by atoms with Crippen LogP contribution in [0.3, 0.4) is 0 Å². The predicted molar refractivity (Wildman–Crippen MR) is 225 cm³/mol. The second-order valence-electron chi connectivity index (χ2n) is 14.0. The van der Waals surface area contributed by atoms with Crippen LogP contribution < -0.4 is 0 Å². The first-order valence-corrected chi connectivity index (χ1v) is 18.3. The second kappa shape index (κ2) is 11.8. The minimum atomic E-state index is 0.896. The Bertz CT molecular complexity index is 3140. The summed E-state index contributed by atoms with van der Waals surface area (Å²) in [7, 11) is 0. The van der Waals surface area contributed by atoms with Crippen LogP contribution >= 0.6 is 0 Å². The van der Waals surface area contributed by atoms with Gasteiger partial charge in [0.05, 0.1) is 0 Å². The largest absolute Gasteiger partial charge is 0.456 e. The predicted octanol–water partition coefficient (Wildman–Crippen LogP) is 14.9. The maximum absolute atomic E-state index is 6.78. The van der Waals surface area contributed by atoms with E-state index in [1.54, 1.807) is 0 Å². The van der Waals surface area contributed by atoms with Gasteiger partial charge in [-0.15, -0.1) is 0 Å². The lowest BCUT2D eigenvalue weighted by molar-refractivity contribution is 0.669. The van der Waals surface area contributed by atoms with E-state index in [0.29, 0.717) is 0 Å². The molecule has 1 heteroatoms. The van der Waals surface area contributed by atoms with Gasteiger partial charge in [0.15, 0.2) is 0 Å². The van der Waals surface area contributed by atoms with Crippen molar-refractivity contribution in [1.29, 1.82) is 0 Å². The Labute approximate surface area is 307 Å². The van der Waals surface area contributed by atoms with Crippen LogP contribution in [0.2, 0.25) is 0 Å². The summed E-state index contributed by atoms with van der Waals surface area (Å²) in [6, 6.07) is 70.5. The standard InChI is InChI=1S/C52H32O/c1-2-13-33(14-3-1)39-30-47(52-46-29-37-16-4-5-17-38(37)31-48(46)53-49(52)32-39)51-44-22-10-8-20-42(44)50(43-21-9-11-23-45(43)51)36-27-25-35(26-28-36)41-24-12-18-34-15-6-7-19-40(34)41/h1-32H. The molecule has 0 radical (unpaired) electrons. The monoisotopic (exact) mass is 672 g/mol. The van der Waals surface area contributed by atoms with Crippen molar-refractivity contribution in [3.8, 4) is 44.5 Å². The van der Waals surface area contributed by atoms with Crippen molar-refractivity contribution in [2.75, 3.05) is 0 Å². The zero-order chi connectivity index (χ0) is 34.9. The molecule has 0 aliphatic carbocycles. The maximum Gasteiger partial charge on any atom is 0.136 e. The Morgan fingerprint density at radius 2 is 0.811 bits per heavy atom. The van der Waals surface area contributed by atoms with Gasteiger partial charge in [-0.05, 0) is 112 Å². The number of hydrogen-bond donors (Lipinski definition) is 0. The van der Waals surface area contributed by atoms with Gasteiger partial charge < -0.3 is 4.42 Å². The molecule has 0 amide bonds. The molecule has 53 heavy (non-hydrogen) atoms. The van der Waals surface area contributed by atoms with E-state index in [2.05, 4.69) is 194 Å². The summed E-state index contributed by atoms with van der Waals surface area (Å²) in [6.07, 6.45) is 0. The van der Waals surface area contributed by atoms with Crippen LogP contribution in [0.1, 0.15) is 0 Å². The van der Waals surface area contributed by atoms with Gasteiger partial charge in [-0.2, -0.15) is 0 Å². The highest BCUT2D eigenvalue weighted by atomic mass is 16.3. The third kappa shape index (κ3) is 4.71. The fourth-order valence-electron chi connectivity index (χ4n) is 8.61. The Kier molecular flexibility index (Phi) is 6.62. The fraction of sp³-hybridized carbons (Fsp3) is 0. The van der Waals surface area contributed by atoms with Crippen molar-refractivity contribution < 1.29 is 4.42 Å². The fourth-order valence-corrected chi connectivity index (χ4v) is 8.61. The number of furan rings is 1. The van der Waals surface area contributed by atoms with Crippen molar-refractivity contribution in [3.05, 3.63) is 194 Å². The molecule has 0 bridgehead atoms. The summed E-state index contributed by atoms with van der Waals surface area (Å²) < 4.78 is 6.78. The molecule has 11 rings (SSSR count).